The summed E-state index contributed by atoms with van der Waals surface area (Å²) in [5.74, 6) is -0.238. The molecule has 1 unspecified atom stereocenters. The molecule has 1 atom stereocenters. The van der Waals surface area contributed by atoms with Crippen LogP contribution in [0.2, 0.25) is 0 Å². The number of pyridine rings is 1. The van der Waals surface area contributed by atoms with Gasteiger partial charge < -0.3 is 4.98 Å². The first-order chi connectivity index (χ1) is 18.9. The van der Waals surface area contributed by atoms with Gasteiger partial charge in [0.1, 0.15) is 5.82 Å². The minimum absolute atomic E-state index is 0.0121. The molecule has 2 N–H and O–H groups in total. The highest BCUT2D eigenvalue weighted by Crippen LogP contribution is 2.51. The zero-order valence-electron chi connectivity index (χ0n) is 21.8. The van der Waals surface area contributed by atoms with Gasteiger partial charge in [-0.3, -0.25) is 9.88 Å². The molecule has 6 rings (SSSR count). The fourth-order valence-electron chi connectivity index (χ4n) is 5.77. The third-order valence-electron chi connectivity index (χ3n) is 8.17. The third-order valence-corrected chi connectivity index (χ3v) is 9.60. The van der Waals surface area contributed by atoms with E-state index in [4.69, 9.17) is 0 Å². The van der Waals surface area contributed by atoms with Crippen LogP contribution in [0.15, 0.2) is 96.4 Å². The lowest BCUT2D eigenvalue weighted by Crippen LogP contribution is -2.38. The number of aromatic amines is 1. The third kappa shape index (κ3) is 5.07. The van der Waals surface area contributed by atoms with Crippen molar-refractivity contribution < 1.29 is 12.8 Å². The van der Waals surface area contributed by atoms with Gasteiger partial charge in [0.2, 0.25) is 10.0 Å². The molecule has 0 radical (unpaired) electrons. The van der Waals surface area contributed by atoms with Crippen molar-refractivity contribution in [3.63, 3.8) is 0 Å². The molecule has 6 nitrogen and oxygen atoms in total. The second kappa shape index (κ2) is 10.2. The van der Waals surface area contributed by atoms with E-state index in [9.17, 15) is 12.8 Å². The van der Waals surface area contributed by atoms with Crippen LogP contribution in [0.5, 0.6) is 0 Å². The van der Waals surface area contributed by atoms with Gasteiger partial charge in [0.25, 0.3) is 0 Å². The van der Waals surface area contributed by atoms with Gasteiger partial charge >= 0.3 is 0 Å². The molecular formula is C31H31FN4O2S. The smallest absolute Gasteiger partial charge is 0.240 e. The van der Waals surface area contributed by atoms with Crippen LogP contribution in [0.25, 0.3) is 16.7 Å². The van der Waals surface area contributed by atoms with Crippen molar-refractivity contribution in [1.29, 1.82) is 0 Å². The van der Waals surface area contributed by atoms with E-state index in [0.29, 0.717) is 0 Å². The molecule has 3 heterocycles. The van der Waals surface area contributed by atoms with E-state index < -0.39 is 10.0 Å². The largest absolute Gasteiger partial charge is 0.366 e. The minimum atomic E-state index is -3.47. The van der Waals surface area contributed by atoms with Crippen LogP contribution in [0, 0.1) is 5.82 Å². The van der Waals surface area contributed by atoms with Crippen LogP contribution in [-0.4, -0.2) is 43.4 Å². The van der Waals surface area contributed by atoms with Gasteiger partial charge in [-0.2, -0.15) is 0 Å². The van der Waals surface area contributed by atoms with Crippen molar-refractivity contribution in [1.82, 2.24) is 19.6 Å². The Morgan fingerprint density at radius 2 is 1.69 bits per heavy atom. The fraction of sp³-hybridized carbons (Fsp3) is 0.258. The zero-order valence-corrected chi connectivity index (χ0v) is 22.6. The first-order valence-corrected chi connectivity index (χ1v) is 14.7. The summed E-state index contributed by atoms with van der Waals surface area (Å²) in [7, 11) is -2.05. The summed E-state index contributed by atoms with van der Waals surface area (Å²) < 4.78 is 40.6. The summed E-state index contributed by atoms with van der Waals surface area (Å²) in [5, 5.41) is 0. The molecular weight excluding hydrogens is 511 g/mol. The Morgan fingerprint density at radius 1 is 1.00 bits per heavy atom. The van der Waals surface area contributed by atoms with Crippen molar-refractivity contribution in [2.45, 2.75) is 35.6 Å². The van der Waals surface area contributed by atoms with Crippen LogP contribution in [-0.2, 0) is 15.4 Å². The van der Waals surface area contributed by atoms with E-state index in [1.807, 2.05) is 42.6 Å². The molecule has 0 saturated heterocycles. The predicted molar refractivity (Wildman–Crippen MR) is 151 cm³/mol. The summed E-state index contributed by atoms with van der Waals surface area (Å²) in [5.41, 5.74) is 6.94. The minimum Gasteiger partial charge on any atom is -0.366 e. The summed E-state index contributed by atoms with van der Waals surface area (Å²) in [6.45, 7) is 1.62. The van der Waals surface area contributed by atoms with E-state index in [1.54, 1.807) is 24.5 Å². The molecule has 4 aromatic rings. The topological polar surface area (TPSA) is 78.1 Å². The Balaban J connectivity index is 1.31. The Kier molecular flexibility index (Phi) is 6.71. The number of hydrogen-bond acceptors (Lipinski definition) is 4. The van der Waals surface area contributed by atoms with Gasteiger partial charge in [-0.1, -0.05) is 30.3 Å². The molecule has 1 aliphatic carbocycles. The lowest BCUT2D eigenvalue weighted by atomic mass is 9.86. The molecule has 0 spiro atoms. The average molecular weight is 543 g/mol. The molecule has 1 aliphatic heterocycles. The number of aromatic nitrogens is 2. The zero-order chi connectivity index (χ0) is 27.0. The normalized spacial score (nSPS) is 19.0. The van der Waals surface area contributed by atoms with Crippen molar-refractivity contribution in [2.75, 3.05) is 20.1 Å². The van der Waals surface area contributed by atoms with E-state index in [-0.39, 0.29) is 22.2 Å². The van der Waals surface area contributed by atoms with Gasteiger partial charge in [0.15, 0.2) is 0 Å². The number of nitrogens with one attached hydrogen (secondary N) is 2. The second-order valence-corrected chi connectivity index (χ2v) is 12.3. The van der Waals surface area contributed by atoms with Gasteiger partial charge in [-0.15, -0.1) is 0 Å². The highest BCUT2D eigenvalue weighted by atomic mass is 32.2. The number of sulfonamides is 1. The predicted octanol–water partition coefficient (Wildman–Crippen LogP) is 5.69. The lowest BCUT2D eigenvalue weighted by Gasteiger charge is -2.38. The Bertz CT molecular complexity index is 1590. The van der Waals surface area contributed by atoms with Crippen LogP contribution in [0.4, 0.5) is 4.39 Å². The van der Waals surface area contributed by atoms with Crippen molar-refractivity contribution >= 4 is 15.6 Å². The summed E-state index contributed by atoms with van der Waals surface area (Å²) in [6, 6.07) is 18.3. The number of nitrogens with zero attached hydrogens (tertiary/aromatic N) is 2. The van der Waals surface area contributed by atoms with E-state index in [2.05, 4.69) is 31.9 Å². The summed E-state index contributed by atoms with van der Waals surface area (Å²) in [4.78, 5) is 10.2. The molecule has 0 bridgehead atoms. The molecule has 2 aliphatic rings. The molecule has 1 saturated carbocycles. The summed E-state index contributed by atoms with van der Waals surface area (Å²) in [6.07, 6.45) is 12.9. The average Bonchev–Trinajstić information content (AvgIpc) is 3.59. The van der Waals surface area contributed by atoms with Gasteiger partial charge in [-0.25, -0.2) is 17.5 Å². The summed E-state index contributed by atoms with van der Waals surface area (Å²) >= 11 is 0. The van der Waals surface area contributed by atoms with E-state index in [1.165, 1.54) is 30.3 Å². The molecule has 1 fully saturated rings. The number of benzene rings is 2. The highest BCUT2D eigenvalue weighted by molar-refractivity contribution is 7.89. The fourth-order valence-corrected chi connectivity index (χ4v) is 6.50. The second-order valence-electron chi connectivity index (χ2n) is 10.5. The van der Waals surface area contributed by atoms with Crippen LogP contribution >= 0.6 is 0 Å². The van der Waals surface area contributed by atoms with Gasteiger partial charge in [0.05, 0.1) is 4.90 Å². The van der Waals surface area contributed by atoms with Crippen LogP contribution < -0.4 is 4.72 Å². The Hall–Kier alpha value is -3.59. The first kappa shape index (κ1) is 25.7. The molecule has 2 aromatic heterocycles. The number of H-pyrrole nitrogens is 1. The lowest BCUT2D eigenvalue weighted by molar-refractivity contribution is 0.194. The molecule has 2 aromatic carbocycles. The van der Waals surface area contributed by atoms with Gasteiger partial charge in [0, 0.05) is 60.5 Å². The van der Waals surface area contributed by atoms with Gasteiger partial charge in [-0.05, 0) is 85.0 Å². The van der Waals surface area contributed by atoms with Crippen LogP contribution in [0.3, 0.4) is 0 Å². The molecule has 200 valence electrons. The molecule has 8 heteroatoms. The van der Waals surface area contributed by atoms with Crippen molar-refractivity contribution in [2.24, 2.45) is 0 Å². The highest BCUT2D eigenvalue weighted by Gasteiger charge is 2.46. The Labute approximate surface area is 228 Å². The first-order valence-electron chi connectivity index (χ1n) is 13.2. The SMILES string of the molecule is CNS(=O)(=O)c1ccc(C2(CN3CC=C(c4c[nH]cc4-c4ccncc4)CC3c3ccc(F)cc3)CC2)cc1. The van der Waals surface area contributed by atoms with Crippen molar-refractivity contribution in [3.8, 4) is 11.1 Å². The Morgan fingerprint density at radius 3 is 2.36 bits per heavy atom. The van der Waals surface area contributed by atoms with E-state index >= 15 is 0 Å². The monoisotopic (exact) mass is 542 g/mol. The maximum atomic E-state index is 13.9. The van der Waals surface area contributed by atoms with E-state index in [0.717, 1.165) is 54.6 Å². The number of halogens is 1. The maximum absolute atomic E-state index is 13.9. The quantitative estimate of drug-likeness (QED) is 0.300. The maximum Gasteiger partial charge on any atom is 0.240 e. The van der Waals surface area contributed by atoms with Crippen LogP contribution in [0.1, 0.15) is 42.0 Å². The molecule has 39 heavy (non-hydrogen) atoms. The molecule has 0 amide bonds. The standard InChI is InChI=1S/C31H31FN4O2S/c1-33-39(37,38)27-8-4-25(5-9-27)31(13-14-31)21-36-17-12-24(18-30(36)23-2-6-26(32)7-3-23)29-20-35-19-28(29)22-10-15-34-16-11-22/h2-12,15-16,19-20,30,33,35H,13-14,17-18,21H2,1H3. The van der Waals surface area contributed by atoms with Crippen molar-refractivity contribution in [3.05, 3.63) is 114 Å². The number of rotatable bonds is 8. The number of hydrogen-bond donors (Lipinski definition) is 2.